The number of ether oxygens (including phenoxy) is 1. The van der Waals surface area contributed by atoms with Crippen LogP contribution >= 0.6 is 0 Å². The van der Waals surface area contributed by atoms with Gasteiger partial charge in [0.25, 0.3) is 11.8 Å². The Morgan fingerprint density at radius 2 is 1.84 bits per heavy atom. The number of fused-ring (bicyclic) bond motifs is 1. The van der Waals surface area contributed by atoms with E-state index in [4.69, 9.17) is 10.5 Å². The summed E-state index contributed by atoms with van der Waals surface area (Å²) in [6.07, 6.45) is 0.550. The van der Waals surface area contributed by atoms with Crippen molar-refractivity contribution in [3.8, 4) is 0 Å². The molecule has 0 bridgehead atoms. The molecule has 3 atom stereocenters. The highest BCUT2D eigenvalue weighted by molar-refractivity contribution is 6.21. The molecule has 5 heteroatoms. The van der Waals surface area contributed by atoms with E-state index in [1.807, 2.05) is 6.92 Å². The highest BCUT2D eigenvalue weighted by atomic mass is 16.5. The summed E-state index contributed by atoms with van der Waals surface area (Å²) in [6, 6.07) is 6.33. The number of imide groups is 1. The molecule has 0 radical (unpaired) electrons. The van der Waals surface area contributed by atoms with Gasteiger partial charge in [0.1, 0.15) is 0 Å². The van der Waals surface area contributed by atoms with Crippen LogP contribution in [0.1, 0.15) is 34.1 Å². The number of rotatable bonds is 3. The van der Waals surface area contributed by atoms with Crippen LogP contribution in [-0.4, -0.2) is 41.5 Å². The van der Waals surface area contributed by atoms with Crippen molar-refractivity contribution >= 4 is 11.8 Å². The molecule has 3 unspecified atom stereocenters. The van der Waals surface area contributed by atoms with E-state index < -0.39 is 0 Å². The van der Waals surface area contributed by atoms with E-state index >= 15 is 0 Å². The number of benzene rings is 1. The summed E-state index contributed by atoms with van der Waals surface area (Å²) in [4.78, 5) is 25.9. The van der Waals surface area contributed by atoms with Crippen LogP contribution in [0.3, 0.4) is 0 Å². The van der Waals surface area contributed by atoms with Crippen LogP contribution in [0.15, 0.2) is 24.3 Å². The molecule has 19 heavy (non-hydrogen) atoms. The van der Waals surface area contributed by atoms with Gasteiger partial charge in [0.2, 0.25) is 0 Å². The number of carbonyl (C=O) groups excluding carboxylic acids is 2. The maximum atomic E-state index is 12.3. The Balaban J connectivity index is 1.91. The number of amides is 2. The molecule has 1 aliphatic heterocycles. The molecule has 1 aromatic rings. The average molecular weight is 260 g/mol. The van der Waals surface area contributed by atoms with E-state index in [-0.39, 0.29) is 30.0 Å². The average Bonchev–Trinajstić information content (AvgIpc) is 2.65. The minimum atomic E-state index is -0.340. The van der Waals surface area contributed by atoms with Gasteiger partial charge in [0.05, 0.1) is 23.3 Å². The number of carbonyl (C=O) groups is 2. The number of nitrogens with zero attached hydrogens (tertiary/aromatic N) is 1. The van der Waals surface area contributed by atoms with E-state index in [2.05, 4.69) is 0 Å². The van der Waals surface area contributed by atoms with Gasteiger partial charge in [-0.15, -0.1) is 0 Å². The van der Waals surface area contributed by atoms with Crippen LogP contribution < -0.4 is 5.73 Å². The van der Waals surface area contributed by atoms with Gasteiger partial charge < -0.3 is 10.5 Å². The van der Waals surface area contributed by atoms with Gasteiger partial charge >= 0.3 is 0 Å². The monoisotopic (exact) mass is 260 g/mol. The van der Waals surface area contributed by atoms with Crippen molar-refractivity contribution in [2.75, 3.05) is 6.61 Å². The highest BCUT2D eigenvalue weighted by Crippen LogP contribution is 2.34. The first-order chi connectivity index (χ1) is 9.15. The zero-order valence-corrected chi connectivity index (χ0v) is 10.7. The molecule has 2 amide bonds. The van der Waals surface area contributed by atoms with Crippen LogP contribution in [-0.2, 0) is 4.74 Å². The van der Waals surface area contributed by atoms with Gasteiger partial charge in [-0.1, -0.05) is 12.1 Å². The molecule has 2 aliphatic rings. The lowest BCUT2D eigenvalue weighted by molar-refractivity contribution is -0.0611. The van der Waals surface area contributed by atoms with Gasteiger partial charge in [-0.05, 0) is 25.5 Å². The van der Waals surface area contributed by atoms with E-state index in [1.54, 1.807) is 24.3 Å². The molecule has 5 nitrogen and oxygen atoms in total. The molecule has 1 aromatic carbocycles. The molecule has 100 valence electrons. The second-order valence-electron chi connectivity index (χ2n) is 4.91. The van der Waals surface area contributed by atoms with E-state index in [0.29, 0.717) is 24.2 Å². The van der Waals surface area contributed by atoms with Gasteiger partial charge in [-0.2, -0.15) is 0 Å². The molecule has 0 aromatic heterocycles. The lowest BCUT2D eigenvalue weighted by atomic mass is 9.82. The van der Waals surface area contributed by atoms with Crippen LogP contribution in [0.4, 0.5) is 0 Å². The van der Waals surface area contributed by atoms with Crippen LogP contribution in [0, 0.1) is 0 Å². The molecule has 1 saturated carbocycles. The normalized spacial score (nSPS) is 29.4. The minimum Gasteiger partial charge on any atom is -0.376 e. The molecule has 1 heterocycles. The highest BCUT2D eigenvalue weighted by Gasteiger charge is 2.51. The molecule has 1 fully saturated rings. The van der Waals surface area contributed by atoms with Crippen molar-refractivity contribution in [3.05, 3.63) is 35.4 Å². The minimum absolute atomic E-state index is 0.137. The lowest BCUT2D eigenvalue weighted by Gasteiger charge is -2.45. The van der Waals surface area contributed by atoms with Crippen molar-refractivity contribution in [2.24, 2.45) is 5.73 Å². The summed E-state index contributed by atoms with van der Waals surface area (Å²) in [6.45, 7) is 2.44. The summed E-state index contributed by atoms with van der Waals surface area (Å²) in [5, 5.41) is 0. The van der Waals surface area contributed by atoms with Gasteiger partial charge in [0.15, 0.2) is 0 Å². The Labute approximate surface area is 111 Å². The van der Waals surface area contributed by atoms with E-state index in [1.165, 1.54) is 4.90 Å². The fraction of sp³-hybridized carbons (Fsp3) is 0.429. The maximum absolute atomic E-state index is 12.3. The SMILES string of the molecule is CCOC1CC(N)C1N1C(=O)c2ccccc2C1=O. The molecule has 0 saturated heterocycles. The zero-order valence-electron chi connectivity index (χ0n) is 10.7. The number of hydrogen-bond acceptors (Lipinski definition) is 4. The topological polar surface area (TPSA) is 72.6 Å². The fourth-order valence-corrected chi connectivity index (χ4v) is 2.84. The van der Waals surface area contributed by atoms with Gasteiger partial charge in [-0.25, -0.2) is 0 Å². The molecular formula is C14H16N2O3. The predicted molar refractivity (Wildman–Crippen MR) is 68.7 cm³/mol. The first-order valence-corrected chi connectivity index (χ1v) is 6.49. The summed E-state index contributed by atoms with van der Waals surface area (Å²) in [5.41, 5.74) is 6.88. The lowest BCUT2D eigenvalue weighted by Crippen LogP contribution is -2.66. The van der Waals surface area contributed by atoms with Gasteiger partial charge in [-0.3, -0.25) is 14.5 Å². The van der Waals surface area contributed by atoms with Crippen molar-refractivity contribution < 1.29 is 14.3 Å². The third kappa shape index (κ3) is 1.69. The van der Waals surface area contributed by atoms with Crippen LogP contribution in [0.2, 0.25) is 0 Å². The Morgan fingerprint density at radius 3 is 2.32 bits per heavy atom. The Kier molecular flexibility index (Phi) is 2.88. The summed E-state index contributed by atoms with van der Waals surface area (Å²) >= 11 is 0. The number of nitrogens with two attached hydrogens (primary N) is 1. The Hall–Kier alpha value is -1.72. The third-order valence-electron chi connectivity index (χ3n) is 3.83. The second kappa shape index (κ2) is 4.43. The van der Waals surface area contributed by atoms with Crippen LogP contribution in [0.5, 0.6) is 0 Å². The molecule has 0 spiro atoms. The summed E-state index contributed by atoms with van der Waals surface area (Å²) in [5.74, 6) is -0.518. The zero-order chi connectivity index (χ0) is 13.6. The maximum Gasteiger partial charge on any atom is 0.261 e. The van der Waals surface area contributed by atoms with E-state index in [9.17, 15) is 9.59 Å². The summed E-state index contributed by atoms with van der Waals surface area (Å²) < 4.78 is 5.54. The smallest absolute Gasteiger partial charge is 0.261 e. The third-order valence-corrected chi connectivity index (χ3v) is 3.83. The predicted octanol–water partition coefficient (Wildman–Crippen LogP) is 0.787. The van der Waals surface area contributed by atoms with Crippen molar-refractivity contribution in [2.45, 2.75) is 31.5 Å². The van der Waals surface area contributed by atoms with Gasteiger partial charge in [0, 0.05) is 12.6 Å². The molecule has 1 aliphatic carbocycles. The first-order valence-electron chi connectivity index (χ1n) is 6.49. The second-order valence-corrected chi connectivity index (χ2v) is 4.91. The Morgan fingerprint density at radius 1 is 1.26 bits per heavy atom. The largest absolute Gasteiger partial charge is 0.376 e. The molecule has 3 rings (SSSR count). The standard InChI is InChI=1S/C14H16N2O3/c1-2-19-11-7-10(15)12(11)16-13(17)8-5-3-4-6-9(8)14(16)18/h3-6,10-12H,2,7,15H2,1H3. The fourth-order valence-electron chi connectivity index (χ4n) is 2.84. The molecular weight excluding hydrogens is 244 g/mol. The quantitative estimate of drug-likeness (QED) is 0.815. The van der Waals surface area contributed by atoms with Crippen molar-refractivity contribution in [3.63, 3.8) is 0 Å². The molecule has 2 N–H and O–H groups in total. The first kappa shape index (κ1) is 12.3. The van der Waals surface area contributed by atoms with E-state index in [0.717, 1.165) is 0 Å². The Bertz CT molecular complexity index is 506. The number of hydrogen-bond donors (Lipinski definition) is 1. The van der Waals surface area contributed by atoms with Crippen LogP contribution in [0.25, 0.3) is 0 Å². The van der Waals surface area contributed by atoms with Crippen molar-refractivity contribution in [1.29, 1.82) is 0 Å². The van der Waals surface area contributed by atoms with Crippen molar-refractivity contribution in [1.82, 2.24) is 4.90 Å². The summed E-state index contributed by atoms with van der Waals surface area (Å²) in [7, 11) is 0.